The summed E-state index contributed by atoms with van der Waals surface area (Å²) in [6, 6.07) is 5.33. The number of nitrogens with one attached hydrogen (secondary N) is 2. The van der Waals surface area contributed by atoms with Gasteiger partial charge in [0.15, 0.2) is 0 Å². The summed E-state index contributed by atoms with van der Waals surface area (Å²) in [7, 11) is 1.58. The Kier molecular flexibility index (Phi) is 7.04. The average molecular weight is 370 g/mol. The van der Waals surface area contributed by atoms with Crippen molar-refractivity contribution in [3.8, 4) is 5.75 Å². The van der Waals surface area contributed by atoms with Crippen LogP contribution < -0.4 is 20.3 Å². The highest BCUT2D eigenvalue weighted by Gasteiger charge is 2.25. The minimum atomic E-state index is -0.499. The number of hydrogen-bond acceptors (Lipinski definition) is 5. The van der Waals surface area contributed by atoms with E-state index in [2.05, 4.69) is 10.6 Å². The van der Waals surface area contributed by atoms with Crippen molar-refractivity contribution in [2.45, 2.75) is 25.4 Å². The minimum absolute atomic E-state index is 0. The maximum atomic E-state index is 12.3. The maximum Gasteiger partial charge on any atom is 0.254 e. The van der Waals surface area contributed by atoms with Crippen molar-refractivity contribution in [1.29, 1.82) is 0 Å². The molecular formula is C17H24ClN3O4. The van der Waals surface area contributed by atoms with Crippen LogP contribution in [0.5, 0.6) is 5.75 Å². The molecule has 1 aromatic rings. The molecule has 2 aliphatic heterocycles. The second-order valence-electron chi connectivity index (χ2n) is 5.94. The smallest absolute Gasteiger partial charge is 0.254 e. The van der Waals surface area contributed by atoms with Crippen LogP contribution in [0.15, 0.2) is 18.2 Å². The highest BCUT2D eigenvalue weighted by Crippen LogP contribution is 2.33. The van der Waals surface area contributed by atoms with Gasteiger partial charge >= 0.3 is 0 Å². The molecule has 7 nitrogen and oxygen atoms in total. The zero-order valence-electron chi connectivity index (χ0n) is 14.2. The van der Waals surface area contributed by atoms with E-state index in [-0.39, 0.29) is 24.2 Å². The van der Waals surface area contributed by atoms with Crippen molar-refractivity contribution in [2.24, 2.45) is 0 Å². The Morgan fingerprint density at radius 1 is 1.40 bits per heavy atom. The lowest BCUT2D eigenvalue weighted by atomic mass is 10.1. The average Bonchev–Trinajstić information content (AvgIpc) is 2.63. The third-order valence-electron chi connectivity index (χ3n) is 4.28. The molecular weight excluding hydrogens is 346 g/mol. The van der Waals surface area contributed by atoms with Crippen molar-refractivity contribution in [2.75, 3.05) is 43.6 Å². The van der Waals surface area contributed by atoms with Gasteiger partial charge in [-0.1, -0.05) is 0 Å². The van der Waals surface area contributed by atoms with Gasteiger partial charge in [0.25, 0.3) is 5.91 Å². The van der Waals surface area contributed by atoms with E-state index in [4.69, 9.17) is 9.47 Å². The van der Waals surface area contributed by atoms with E-state index in [0.29, 0.717) is 43.2 Å². The summed E-state index contributed by atoms with van der Waals surface area (Å²) in [5, 5.41) is 5.99. The van der Waals surface area contributed by atoms with E-state index < -0.39 is 6.10 Å². The maximum absolute atomic E-state index is 12.3. The van der Waals surface area contributed by atoms with E-state index in [0.717, 1.165) is 19.4 Å². The third kappa shape index (κ3) is 4.62. The Balaban J connectivity index is 0.00000225. The SMILES string of the molecule is COc1ccc(NC(=O)C2CNCCO2)cc1N1CCCCC1=O.Cl. The summed E-state index contributed by atoms with van der Waals surface area (Å²) < 4.78 is 10.8. The summed E-state index contributed by atoms with van der Waals surface area (Å²) in [6.07, 6.45) is 1.93. The first-order valence-electron chi connectivity index (χ1n) is 8.30. The molecule has 0 aliphatic carbocycles. The van der Waals surface area contributed by atoms with E-state index in [9.17, 15) is 9.59 Å². The molecule has 138 valence electrons. The zero-order chi connectivity index (χ0) is 16.9. The molecule has 2 amide bonds. The summed E-state index contributed by atoms with van der Waals surface area (Å²) in [4.78, 5) is 26.2. The number of rotatable bonds is 4. The molecule has 0 aromatic heterocycles. The van der Waals surface area contributed by atoms with Gasteiger partial charge in [-0.05, 0) is 31.0 Å². The summed E-state index contributed by atoms with van der Waals surface area (Å²) in [5.74, 6) is 0.518. The monoisotopic (exact) mass is 369 g/mol. The predicted octanol–water partition coefficient (Wildman–Crippen LogP) is 1.56. The lowest BCUT2D eigenvalue weighted by molar-refractivity contribution is -0.128. The van der Waals surface area contributed by atoms with Gasteiger partial charge in [0.2, 0.25) is 5.91 Å². The number of hydrogen-bond donors (Lipinski definition) is 2. The number of ether oxygens (including phenoxy) is 2. The molecule has 2 N–H and O–H groups in total. The molecule has 2 saturated heterocycles. The molecule has 1 aromatic carbocycles. The van der Waals surface area contributed by atoms with E-state index in [1.165, 1.54) is 0 Å². The highest BCUT2D eigenvalue weighted by atomic mass is 35.5. The largest absolute Gasteiger partial charge is 0.495 e. The van der Waals surface area contributed by atoms with Crippen LogP contribution in [0.4, 0.5) is 11.4 Å². The number of morpholine rings is 1. The second kappa shape index (κ2) is 9.03. The van der Waals surface area contributed by atoms with E-state index in [1.807, 2.05) is 0 Å². The van der Waals surface area contributed by atoms with Crippen molar-refractivity contribution < 1.29 is 19.1 Å². The van der Waals surface area contributed by atoms with Crippen LogP contribution >= 0.6 is 12.4 Å². The predicted molar refractivity (Wildman–Crippen MR) is 97.7 cm³/mol. The number of benzene rings is 1. The van der Waals surface area contributed by atoms with Crippen LogP contribution in [0.2, 0.25) is 0 Å². The number of amides is 2. The van der Waals surface area contributed by atoms with Crippen LogP contribution in [-0.4, -0.2) is 51.3 Å². The first-order valence-corrected chi connectivity index (χ1v) is 8.30. The van der Waals surface area contributed by atoms with Crippen molar-refractivity contribution in [3.63, 3.8) is 0 Å². The quantitative estimate of drug-likeness (QED) is 0.842. The lowest BCUT2D eigenvalue weighted by Crippen LogP contribution is -2.45. The molecule has 0 radical (unpaired) electrons. The van der Waals surface area contributed by atoms with Crippen LogP contribution in [-0.2, 0) is 14.3 Å². The number of carbonyl (C=O) groups is 2. The first kappa shape index (κ1) is 19.5. The number of carbonyl (C=O) groups excluding carboxylic acids is 2. The Morgan fingerprint density at radius 2 is 2.24 bits per heavy atom. The molecule has 3 rings (SSSR count). The van der Waals surface area contributed by atoms with Crippen molar-refractivity contribution >= 4 is 35.6 Å². The third-order valence-corrected chi connectivity index (χ3v) is 4.28. The molecule has 1 atom stereocenters. The number of nitrogens with zero attached hydrogens (tertiary/aromatic N) is 1. The van der Waals surface area contributed by atoms with Gasteiger partial charge in [-0.2, -0.15) is 0 Å². The van der Waals surface area contributed by atoms with E-state index >= 15 is 0 Å². The normalized spacial score (nSPS) is 20.6. The van der Waals surface area contributed by atoms with Crippen LogP contribution in [0.1, 0.15) is 19.3 Å². The zero-order valence-corrected chi connectivity index (χ0v) is 15.1. The minimum Gasteiger partial charge on any atom is -0.495 e. The summed E-state index contributed by atoms with van der Waals surface area (Å²) in [5.41, 5.74) is 1.33. The number of piperidine rings is 1. The second-order valence-corrected chi connectivity index (χ2v) is 5.94. The van der Waals surface area contributed by atoms with Crippen molar-refractivity contribution in [1.82, 2.24) is 5.32 Å². The number of anilines is 2. The molecule has 0 spiro atoms. The van der Waals surface area contributed by atoms with Gasteiger partial charge in [0.1, 0.15) is 11.9 Å². The van der Waals surface area contributed by atoms with Crippen LogP contribution in [0.3, 0.4) is 0 Å². The summed E-state index contributed by atoms with van der Waals surface area (Å²) >= 11 is 0. The molecule has 8 heteroatoms. The fraction of sp³-hybridized carbons (Fsp3) is 0.529. The van der Waals surface area contributed by atoms with Crippen LogP contribution in [0, 0.1) is 0 Å². The number of methoxy groups -OCH3 is 1. The fourth-order valence-electron chi connectivity index (χ4n) is 3.00. The highest BCUT2D eigenvalue weighted by molar-refractivity contribution is 5.98. The van der Waals surface area contributed by atoms with Gasteiger partial charge in [-0.15, -0.1) is 12.4 Å². The first-order chi connectivity index (χ1) is 11.7. The molecule has 2 fully saturated rings. The Hall–Kier alpha value is -1.83. The Bertz CT molecular complexity index is 620. The van der Waals surface area contributed by atoms with Gasteiger partial charge in [0, 0.05) is 31.7 Å². The van der Waals surface area contributed by atoms with Gasteiger partial charge < -0.3 is 25.0 Å². The Morgan fingerprint density at radius 3 is 2.92 bits per heavy atom. The number of halogens is 1. The molecule has 2 heterocycles. The lowest BCUT2D eigenvalue weighted by Gasteiger charge is -2.28. The van der Waals surface area contributed by atoms with Crippen molar-refractivity contribution in [3.05, 3.63) is 18.2 Å². The van der Waals surface area contributed by atoms with Gasteiger partial charge in [-0.25, -0.2) is 0 Å². The van der Waals surface area contributed by atoms with Gasteiger partial charge in [0.05, 0.1) is 19.4 Å². The van der Waals surface area contributed by atoms with Crippen LogP contribution in [0.25, 0.3) is 0 Å². The van der Waals surface area contributed by atoms with E-state index in [1.54, 1.807) is 30.2 Å². The Labute approximate surface area is 153 Å². The molecule has 25 heavy (non-hydrogen) atoms. The molecule has 0 bridgehead atoms. The standard InChI is InChI=1S/C17H23N3O4.ClH/c1-23-14-6-5-12(19-17(22)15-11-18-7-9-24-15)10-13(14)20-8-3-2-4-16(20)21;/h5-6,10,15,18H,2-4,7-9,11H2,1H3,(H,19,22);1H. The topological polar surface area (TPSA) is 79.9 Å². The molecule has 1 unspecified atom stereocenters. The molecule has 0 saturated carbocycles. The molecule has 2 aliphatic rings. The van der Waals surface area contributed by atoms with Gasteiger partial charge in [-0.3, -0.25) is 9.59 Å². The fourth-order valence-corrected chi connectivity index (χ4v) is 3.00. The summed E-state index contributed by atoms with van der Waals surface area (Å²) in [6.45, 7) is 2.45.